The minimum atomic E-state index is -2.20. The van der Waals surface area contributed by atoms with Crippen molar-refractivity contribution in [2.24, 2.45) is 11.7 Å². The van der Waals surface area contributed by atoms with E-state index in [9.17, 15) is 19.4 Å². The van der Waals surface area contributed by atoms with E-state index in [1.165, 1.54) is 35.3 Å². The van der Waals surface area contributed by atoms with Crippen molar-refractivity contribution in [2.45, 2.75) is 82.0 Å². The predicted octanol–water partition coefficient (Wildman–Crippen LogP) is 6.64. The summed E-state index contributed by atoms with van der Waals surface area (Å²) in [6.45, 7) is 7.74. The van der Waals surface area contributed by atoms with Crippen molar-refractivity contribution < 1.29 is 28.9 Å². The van der Waals surface area contributed by atoms with Gasteiger partial charge >= 0.3 is 5.97 Å². The third kappa shape index (κ3) is 8.64. The van der Waals surface area contributed by atoms with Gasteiger partial charge in [-0.25, -0.2) is 9.18 Å². The van der Waals surface area contributed by atoms with E-state index in [1.807, 2.05) is 6.07 Å². The Bertz CT molecular complexity index is 1910. The number of aromatic nitrogens is 1. The summed E-state index contributed by atoms with van der Waals surface area (Å²) < 4.78 is 26.5. The molecule has 0 saturated carbocycles. The number of nitriles is 1. The summed E-state index contributed by atoms with van der Waals surface area (Å²) in [5.41, 5.74) is 8.55. The van der Waals surface area contributed by atoms with Crippen LogP contribution in [0.1, 0.15) is 73.4 Å². The number of fused-ring (bicyclic) bond motifs is 1. The number of rotatable bonds is 15. The van der Waals surface area contributed by atoms with Crippen molar-refractivity contribution in [1.82, 2.24) is 9.88 Å². The lowest BCUT2D eigenvalue weighted by molar-refractivity contribution is -0.172. The Morgan fingerprint density at radius 1 is 1.20 bits per heavy atom. The Morgan fingerprint density at radius 2 is 2.00 bits per heavy atom. The zero-order valence-corrected chi connectivity index (χ0v) is 31.6. The number of benzene rings is 2. The van der Waals surface area contributed by atoms with Gasteiger partial charge in [-0.1, -0.05) is 61.9 Å². The smallest absolute Gasteiger partial charge is 0.351 e. The van der Waals surface area contributed by atoms with Gasteiger partial charge in [0.05, 0.1) is 29.7 Å². The Hall–Kier alpha value is -4.31. The number of alkyl halides is 1. The molecule has 1 aliphatic carbocycles. The molecule has 1 fully saturated rings. The molecule has 3 aromatic rings. The number of pyridine rings is 1. The van der Waals surface area contributed by atoms with E-state index in [2.05, 4.69) is 71.1 Å². The molecule has 0 bridgehead atoms. The number of carboxylic acid groups (broad SMARTS) is 1. The van der Waals surface area contributed by atoms with Crippen LogP contribution >= 0.6 is 11.6 Å². The number of halogens is 2. The van der Waals surface area contributed by atoms with Crippen LogP contribution in [0, 0.1) is 17.2 Å². The van der Waals surface area contributed by atoms with Gasteiger partial charge in [-0.05, 0) is 84.2 Å². The number of aliphatic hydroxyl groups is 1. The number of allylic oxidation sites excluding steroid dienone is 3. The van der Waals surface area contributed by atoms with E-state index in [4.69, 9.17) is 32.1 Å². The summed E-state index contributed by atoms with van der Waals surface area (Å²) in [5.74, 6) is -0.840. The van der Waals surface area contributed by atoms with E-state index in [-0.39, 0.29) is 25.0 Å². The number of ether oxygens (including phenoxy) is 2. The first-order valence-electron chi connectivity index (χ1n) is 18.7. The molecule has 2 aromatic carbocycles. The maximum absolute atomic E-state index is 14.3. The Labute approximate surface area is 321 Å². The number of aliphatic hydroxyl groups excluding tert-OH is 1. The minimum absolute atomic E-state index is 0.0406. The molecule has 286 valence electrons. The van der Waals surface area contributed by atoms with Gasteiger partial charge in [-0.3, -0.25) is 15.6 Å². The third-order valence-electron chi connectivity index (χ3n) is 11.0. The molecule has 6 rings (SSSR count). The highest BCUT2D eigenvalue weighted by atomic mass is 35.5. The average molecular weight is 758 g/mol. The van der Waals surface area contributed by atoms with Gasteiger partial charge in [-0.2, -0.15) is 5.26 Å². The third-order valence-corrected chi connectivity index (χ3v) is 11.2. The molecule has 3 heterocycles. The Balaban J connectivity index is 1.22. The van der Waals surface area contributed by atoms with Crippen LogP contribution < -0.4 is 15.4 Å². The first-order valence-corrected chi connectivity index (χ1v) is 19.1. The highest BCUT2D eigenvalue weighted by molar-refractivity contribution is 6.30. The van der Waals surface area contributed by atoms with Crippen molar-refractivity contribution in [3.05, 3.63) is 112 Å². The Kier molecular flexibility index (Phi) is 12.4. The zero-order valence-electron chi connectivity index (χ0n) is 30.8. The average Bonchev–Trinajstić information content (AvgIpc) is 3.52. The summed E-state index contributed by atoms with van der Waals surface area (Å²) in [7, 11) is 0. The Morgan fingerprint density at radius 3 is 2.72 bits per heavy atom. The molecular weight excluding hydrogens is 709 g/mol. The fourth-order valence-electron chi connectivity index (χ4n) is 8.08. The first-order chi connectivity index (χ1) is 25.9. The summed E-state index contributed by atoms with van der Waals surface area (Å²) in [6.07, 6.45) is 11.2. The van der Waals surface area contributed by atoms with E-state index in [1.54, 1.807) is 18.2 Å². The van der Waals surface area contributed by atoms with Crippen LogP contribution in [-0.2, 0) is 28.0 Å². The first kappa shape index (κ1) is 39.4. The molecule has 5 atom stereocenters. The van der Waals surface area contributed by atoms with E-state index < -0.39 is 35.8 Å². The second-order valence-corrected chi connectivity index (χ2v) is 15.2. The maximum Gasteiger partial charge on any atom is 0.351 e. The number of anilines is 1. The highest BCUT2D eigenvalue weighted by Crippen LogP contribution is 2.49. The molecule has 0 spiro atoms. The minimum Gasteiger partial charge on any atom is -0.492 e. The van der Waals surface area contributed by atoms with Gasteiger partial charge < -0.3 is 24.6 Å². The van der Waals surface area contributed by atoms with Gasteiger partial charge in [-0.15, -0.1) is 0 Å². The molecule has 0 radical (unpaired) electrons. The lowest BCUT2D eigenvalue weighted by atomic mass is 9.67. The van der Waals surface area contributed by atoms with Crippen LogP contribution in [-0.4, -0.2) is 76.9 Å². The van der Waals surface area contributed by atoms with Crippen molar-refractivity contribution in [2.75, 3.05) is 37.7 Å². The maximum atomic E-state index is 14.3. The number of aliphatic carboxylic acids is 1. The molecule has 12 heteroatoms. The number of likely N-dealkylation sites (tertiary alicyclic amines) is 1. The highest BCUT2D eigenvalue weighted by Gasteiger charge is 2.44. The molecule has 2 aliphatic heterocycles. The number of nitrogens with zero attached hydrogens (tertiary/aromatic N) is 4. The van der Waals surface area contributed by atoms with E-state index in [0.29, 0.717) is 46.9 Å². The van der Waals surface area contributed by atoms with Crippen LogP contribution in [0.25, 0.3) is 0 Å². The number of carbonyl (C=O) groups is 1. The van der Waals surface area contributed by atoms with Crippen molar-refractivity contribution in [3.63, 3.8) is 0 Å². The predicted molar refractivity (Wildman–Crippen MR) is 206 cm³/mol. The van der Waals surface area contributed by atoms with Crippen molar-refractivity contribution in [1.29, 1.82) is 5.26 Å². The second kappa shape index (κ2) is 17.0. The monoisotopic (exact) mass is 757 g/mol. The lowest BCUT2D eigenvalue weighted by Gasteiger charge is -2.41. The quantitative estimate of drug-likeness (QED) is 0.144. The van der Waals surface area contributed by atoms with Crippen molar-refractivity contribution in [3.8, 4) is 11.8 Å². The van der Waals surface area contributed by atoms with E-state index in [0.717, 1.165) is 32.6 Å². The number of piperidine rings is 1. The summed E-state index contributed by atoms with van der Waals surface area (Å²) in [6, 6.07) is 15.4. The van der Waals surface area contributed by atoms with Crippen LogP contribution in [0.5, 0.6) is 5.75 Å². The molecular formula is C42H49ClFN5O5. The van der Waals surface area contributed by atoms with Crippen LogP contribution in [0.15, 0.2) is 79.2 Å². The number of nitrogens with two attached hydrogens (primary N) is 1. The van der Waals surface area contributed by atoms with Crippen molar-refractivity contribution >= 4 is 23.3 Å². The summed E-state index contributed by atoms with van der Waals surface area (Å²) in [4.78, 5) is 21.1. The summed E-state index contributed by atoms with van der Waals surface area (Å²) >= 11 is 6.60. The van der Waals surface area contributed by atoms with Gasteiger partial charge in [0, 0.05) is 55.7 Å². The largest absolute Gasteiger partial charge is 0.492 e. The number of carboxylic acids is 1. The molecule has 54 heavy (non-hydrogen) atoms. The van der Waals surface area contributed by atoms with Crippen LogP contribution in [0.4, 0.5) is 10.1 Å². The van der Waals surface area contributed by atoms with Gasteiger partial charge in [0.25, 0.3) is 0 Å². The molecule has 3 aliphatic rings. The fourth-order valence-corrected chi connectivity index (χ4v) is 8.33. The van der Waals surface area contributed by atoms with Crippen LogP contribution in [0.2, 0.25) is 5.02 Å². The number of hydrogen-bond donors (Lipinski definition) is 3. The molecule has 10 nitrogen and oxygen atoms in total. The lowest BCUT2D eigenvalue weighted by Crippen LogP contribution is -2.52. The van der Waals surface area contributed by atoms with Gasteiger partial charge in [0.1, 0.15) is 24.6 Å². The molecule has 0 amide bonds. The standard InChI is InChI=1S/C42H49ClFN5O5/c1-3-13-49-25-38(48-14-10-33(44)11-15-48)39-36(8-6-9-37(39)49)41(12-5-4-7-28(41)2)27-53-35-19-29(17-32(43)20-35)18-34(50)21-42(46,40(51)52)54-26-31-16-30(22-45)23-47-24-31/h4-9,12,16-17,19-20,23-24,28,33-34,38,50H,3,10-11,13-15,18,21,25-27,46H2,1-2H3,(H,51,52)/t28?,34?,38?,41?,42-/m1/s1. The normalized spacial score (nSPS) is 23.1. The SMILES string of the molecule is CCCN1CC(N2CCC(F)CC2)c2c1cccc2C1(COc2cc(Cl)cc(CC(O)C[C@@](N)(OCc3cncc(C#N)c3)C(=O)O)c2)C=CC=CC1C. The topological polar surface area (TPSA) is 145 Å². The molecule has 1 aromatic heterocycles. The van der Waals surface area contributed by atoms with Gasteiger partial charge in [0.2, 0.25) is 5.72 Å². The molecule has 1 saturated heterocycles. The molecule has 4 unspecified atom stereocenters. The van der Waals surface area contributed by atoms with Crippen LogP contribution in [0.3, 0.4) is 0 Å². The van der Waals surface area contributed by atoms with E-state index >= 15 is 0 Å². The molecule has 4 N–H and O–H groups in total. The summed E-state index contributed by atoms with van der Waals surface area (Å²) in [5, 5.41) is 30.6. The fraction of sp³-hybridized carbons (Fsp3) is 0.452. The van der Waals surface area contributed by atoms with Gasteiger partial charge in [0.15, 0.2) is 0 Å². The second-order valence-electron chi connectivity index (χ2n) is 14.8. The number of hydrogen-bond acceptors (Lipinski definition) is 9. The zero-order chi connectivity index (χ0) is 38.5.